The molecule has 0 aliphatic rings. The fourth-order valence-electron chi connectivity index (χ4n) is 11.1. The van der Waals surface area contributed by atoms with E-state index in [0.717, 1.165) is 11.4 Å². The molecule has 0 fully saturated rings. The molecule has 14 aromatic rings. The summed E-state index contributed by atoms with van der Waals surface area (Å²) >= 11 is 1.84. The zero-order valence-corrected chi connectivity index (χ0v) is 38.4. The van der Waals surface area contributed by atoms with E-state index in [1.54, 1.807) is 0 Å². The second kappa shape index (κ2) is 16.0. The van der Waals surface area contributed by atoms with Gasteiger partial charge in [0.05, 0.1) is 22.1 Å². The zero-order chi connectivity index (χ0) is 45.4. The maximum Gasteiger partial charge on any atom is 0.0541 e. The Labute approximate surface area is 403 Å². The molecule has 3 heteroatoms. The van der Waals surface area contributed by atoms with Crippen molar-refractivity contribution in [3.05, 3.63) is 255 Å². The molecule has 0 atom stereocenters. The third-order valence-electron chi connectivity index (χ3n) is 14.1. The van der Waals surface area contributed by atoms with Gasteiger partial charge in [0, 0.05) is 42.7 Å². The number of hydrogen-bond acceptors (Lipinski definition) is 1. The van der Waals surface area contributed by atoms with Crippen molar-refractivity contribution >= 4 is 76.5 Å². The van der Waals surface area contributed by atoms with Crippen LogP contribution in [-0.2, 0) is 0 Å². The molecule has 0 saturated carbocycles. The fourth-order valence-corrected chi connectivity index (χ4v) is 12.1. The van der Waals surface area contributed by atoms with Gasteiger partial charge in [-0.25, -0.2) is 0 Å². The van der Waals surface area contributed by atoms with E-state index in [9.17, 15) is 0 Å². The first-order valence-corrected chi connectivity index (χ1v) is 24.5. The van der Waals surface area contributed by atoms with Gasteiger partial charge in [-0.1, -0.05) is 182 Å². The lowest BCUT2D eigenvalue weighted by atomic mass is 9.84. The van der Waals surface area contributed by atoms with Crippen LogP contribution in [0.4, 0.5) is 0 Å². The molecular weight excluding hydrogens is 853 g/mol. The maximum atomic E-state index is 2.45. The van der Waals surface area contributed by atoms with E-state index in [2.05, 4.69) is 264 Å². The van der Waals surface area contributed by atoms with E-state index < -0.39 is 0 Å². The van der Waals surface area contributed by atoms with Gasteiger partial charge in [0.15, 0.2) is 0 Å². The molecule has 3 aromatic heterocycles. The van der Waals surface area contributed by atoms with Gasteiger partial charge < -0.3 is 9.13 Å². The number of rotatable bonds is 7. The lowest BCUT2D eigenvalue weighted by molar-refractivity contribution is 1.18. The van der Waals surface area contributed by atoms with Crippen molar-refractivity contribution in [3.63, 3.8) is 0 Å². The number of hydrogen-bond donors (Lipinski definition) is 0. The molecule has 322 valence electrons. The van der Waals surface area contributed by atoms with Gasteiger partial charge in [-0.15, -0.1) is 11.3 Å². The number of thiophene rings is 1. The van der Waals surface area contributed by atoms with Gasteiger partial charge in [0.2, 0.25) is 0 Å². The highest BCUT2D eigenvalue weighted by molar-refractivity contribution is 7.18. The van der Waals surface area contributed by atoms with Crippen LogP contribution in [0.15, 0.2) is 255 Å². The van der Waals surface area contributed by atoms with Crippen LogP contribution in [0.3, 0.4) is 0 Å². The number of aromatic nitrogens is 2. The smallest absolute Gasteiger partial charge is 0.0541 e. The predicted molar refractivity (Wildman–Crippen MR) is 295 cm³/mol. The average Bonchev–Trinajstić information content (AvgIpc) is 4.14. The highest BCUT2D eigenvalue weighted by atomic mass is 32.1. The summed E-state index contributed by atoms with van der Waals surface area (Å²) in [5.41, 5.74) is 16.8. The molecule has 0 saturated heterocycles. The molecule has 2 nitrogen and oxygen atoms in total. The van der Waals surface area contributed by atoms with E-state index in [4.69, 9.17) is 0 Å². The second-order valence-electron chi connectivity index (χ2n) is 18.0. The number of benzene rings is 11. The van der Waals surface area contributed by atoms with Crippen molar-refractivity contribution in [1.82, 2.24) is 9.13 Å². The first-order chi connectivity index (χ1) is 34.2. The molecule has 11 aromatic carbocycles. The van der Waals surface area contributed by atoms with Gasteiger partial charge in [0.1, 0.15) is 0 Å². The van der Waals surface area contributed by atoms with E-state index in [0.29, 0.717) is 0 Å². The van der Waals surface area contributed by atoms with Gasteiger partial charge in [-0.3, -0.25) is 0 Å². The third kappa shape index (κ3) is 6.39. The lowest BCUT2D eigenvalue weighted by Crippen LogP contribution is -1.97. The van der Waals surface area contributed by atoms with Gasteiger partial charge in [-0.05, 0) is 139 Å². The first-order valence-electron chi connectivity index (χ1n) is 23.7. The highest BCUT2D eigenvalue weighted by Crippen LogP contribution is 2.47. The monoisotopic (exact) mass is 894 g/mol. The second-order valence-corrected chi connectivity index (χ2v) is 19.1. The molecule has 0 spiro atoms. The Hall–Kier alpha value is -8.76. The molecule has 0 radical (unpaired) electrons. The largest absolute Gasteiger partial charge is 0.309 e. The fraction of sp³-hybridized carbons (Fsp3) is 0. The van der Waals surface area contributed by atoms with Crippen LogP contribution in [-0.4, -0.2) is 9.13 Å². The van der Waals surface area contributed by atoms with Crippen molar-refractivity contribution < 1.29 is 0 Å². The molecule has 0 amide bonds. The standard InChI is InChI=1S/C66H42N2S/c1-2-17-43(18-3-1)63-37-38-64(69-63)46-20-14-19-44(39-46)45-35-36-57-58(42-45)66(48-22-16-24-50(41-48)68-61-33-12-8-27-53(61)54-28-9-13-34-62(54)68)56-30-5-4-29-55(56)65(57)47-21-15-23-49(40-47)67-59-31-10-6-25-51(59)52-26-7-11-32-60(52)67/h1-42H. The molecule has 14 rings (SSSR count). The summed E-state index contributed by atoms with van der Waals surface area (Å²) in [6.45, 7) is 0. The number of fused-ring (bicyclic) bond motifs is 8. The Morgan fingerprint density at radius 1 is 0.217 bits per heavy atom. The summed E-state index contributed by atoms with van der Waals surface area (Å²) in [5.74, 6) is 0. The van der Waals surface area contributed by atoms with E-state index in [1.807, 2.05) is 11.3 Å². The summed E-state index contributed by atoms with van der Waals surface area (Å²) < 4.78 is 4.85. The van der Waals surface area contributed by atoms with Crippen molar-refractivity contribution in [2.75, 3.05) is 0 Å². The van der Waals surface area contributed by atoms with Crippen molar-refractivity contribution in [3.8, 4) is 65.6 Å². The summed E-state index contributed by atoms with van der Waals surface area (Å²) in [6.07, 6.45) is 0. The summed E-state index contributed by atoms with van der Waals surface area (Å²) in [7, 11) is 0. The maximum absolute atomic E-state index is 2.45. The Bertz CT molecular complexity index is 4210. The molecule has 0 aliphatic carbocycles. The van der Waals surface area contributed by atoms with Crippen LogP contribution < -0.4 is 0 Å². The first kappa shape index (κ1) is 39.4. The lowest BCUT2D eigenvalue weighted by Gasteiger charge is -2.20. The predicted octanol–water partition coefficient (Wildman–Crippen LogP) is 18.6. The minimum absolute atomic E-state index is 1.14. The van der Waals surface area contributed by atoms with E-state index in [1.165, 1.54) is 119 Å². The summed E-state index contributed by atoms with van der Waals surface area (Å²) in [6, 6.07) is 93.9. The molecule has 0 bridgehead atoms. The van der Waals surface area contributed by atoms with E-state index in [-0.39, 0.29) is 0 Å². The van der Waals surface area contributed by atoms with Gasteiger partial charge in [0.25, 0.3) is 0 Å². The van der Waals surface area contributed by atoms with Crippen molar-refractivity contribution in [2.45, 2.75) is 0 Å². The van der Waals surface area contributed by atoms with Crippen LogP contribution in [0.2, 0.25) is 0 Å². The highest BCUT2D eigenvalue weighted by Gasteiger charge is 2.21. The van der Waals surface area contributed by atoms with Crippen LogP contribution in [0.5, 0.6) is 0 Å². The van der Waals surface area contributed by atoms with Crippen molar-refractivity contribution in [2.24, 2.45) is 0 Å². The topological polar surface area (TPSA) is 9.86 Å². The minimum Gasteiger partial charge on any atom is -0.309 e. The Balaban J connectivity index is 1.00. The van der Waals surface area contributed by atoms with Crippen LogP contribution in [0.25, 0.3) is 131 Å². The van der Waals surface area contributed by atoms with Crippen molar-refractivity contribution in [1.29, 1.82) is 0 Å². The third-order valence-corrected chi connectivity index (χ3v) is 15.3. The molecule has 0 unspecified atom stereocenters. The summed E-state index contributed by atoms with van der Waals surface area (Å²) in [5, 5.41) is 9.92. The Morgan fingerprint density at radius 2 is 0.594 bits per heavy atom. The molecule has 69 heavy (non-hydrogen) atoms. The Kier molecular flexibility index (Phi) is 9.11. The van der Waals surface area contributed by atoms with Crippen LogP contribution in [0.1, 0.15) is 0 Å². The number of nitrogens with zero attached hydrogens (tertiary/aromatic N) is 2. The van der Waals surface area contributed by atoms with Crippen LogP contribution in [0, 0.1) is 0 Å². The minimum atomic E-state index is 1.14. The molecular formula is C66H42N2S. The quantitative estimate of drug-likeness (QED) is 0.141. The van der Waals surface area contributed by atoms with Crippen LogP contribution >= 0.6 is 11.3 Å². The van der Waals surface area contributed by atoms with E-state index >= 15 is 0 Å². The number of para-hydroxylation sites is 4. The Morgan fingerprint density at radius 3 is 1.13 bits per heavy atom. The summed E-state index contributed by atoms with van der Waals surface area (Å²) in [4.78, 5) is 2.53. The SMILES string of the molecule is c1ccc(-c2ccc(-c3cccc(-c4ccc5c(-c6cccc(-n7c8ccccc8c8ccccc87)c6)c6ccccc6c(-c6cccc(-n7c8ccccc8c8ccccc87)c6)c5c4)c3)s2)cc1. The molecule has 0 N–H and O–H groups in total. The molecule has 0 aliphatic heterocycles. The zero-order valence-electron chi connectivity index (χ0n) is 37.6. The van der Waals surface area contributed by atoms with Gasteiger partial charge in [-0.2, -0.15) is 0 Å². The van der Waals surface area contributed by atoms with Gasteiger partial charge >= 0.3 is 0 Å². The normalized spacial score (nSPS) is 11.8. The molecule has 3 heterocycles. The average molecular weight is 895 g/mol.